The summed E-state index contributed by atoms with van der Waals surface area (Å²) in [5.74, 6) is 3.00. The standard InChI is InChI=1S/C7H10O4.2CH3.Al/c1-4-3-5(8)11-7(4,2)6(9)10;;;/h4H,3H2,1-2H3,(H,9,10);2*1H3;/q;;;+1/p-1. The lowest BCUT2D eigenvalue weighted by atomic mass is 9.91. The molecule has 0 aliphatic carbocycles. The van der Waals surface area contributed by atoms with Crippen molar-refractivity contribution in [2.24, 2.45) is 5.92 Å². The highest BCUT2D eigenvalue weighted by Crippen LogP contribution is 2.33. The van der Waals surface area contributed by atoms with E-state index < -0.39 is 26.1 Å². The maximum Gasteiger partial charge on any atom is 0.542 e. The van der Waals surface area contributed by atoms with Crippen molar-refractivity contribution in [2.75, 3.05) is 0 Å². The second-order valence-corrected chi connectivity index (χ2v) is 6.47. The Kier molecular flexibility index (Phi) is 3.23. The van der Waals surface area contributed by atoms with E-state index in [9.17, 15) is 9.59 Å². The Balaban J connectivity index is 2.74. The van der Waals surface area contributed by atoms with Gasteiger partial charge in [0.05, 0.1) is 6.42 Å². The van der Waals surface area contributed by atoms with E-state index in [-0.39, 0.29) is 11.9 Å². The van der Waals surface area contributed by atoms with Crippen LogP contribution in [0.15, 0.2) is 0 Å². The molecule has 1 saturated heterocycles. The summed E-state index contributed by atoms with van der Waals surface area (Å²) in [7, 11) is 0. The first kappa shape index (κ1) is 11.5. The van der Waals surface area contributed by atoms with Crippen molar-refractivity contribution in [1.29, 1.82) is 0 Å². The van der Waals surface area contributed by atoms with Crippen molar-refractivity contribution in [1.82, 2.24) is 0 Å². The lowest BCUT2D eigenvalue weighted by Crippen LogP contribution is -2.43. The molecule has 78 valence electrons. The smallest absolute Gasteiger partial charge is 0.542 e. The van der Waals surface area contributed by atoms with E-state index in [4.69, 9.17) is 8.53 Å². The van der Waals surface area contributed by atoms with Gasteiger partial charge in [0.25, 0.3) is 0 Å². The molecule has 5 heteroatoms. The van der Waals surface area contributed by atoms with Crippen molar-refractivity contribution >= 4 is 26.4 Å². The predicted molar refractivity (Wildman–Crippen MR) is 51.9 cm³/mol. The Hall–Kier alpha value is -0.528. The third kappa shape index (κ3) is 2.10. The zero-order valence-corrected chi connectivity index (χ0v) is 10.1. The summed E-state index contributed by atoms with van der Waals surface area (Å²) in [5, 5.41) is 0. The van der Waals surface area contributed by atoms with Gasteiger partial charge < -0.3 is 8.53 Å². The van der Waals surface area contributed by atoms with Gasteiger partial charge in [-0.3, -0.25) is 9.59 Å². The van der Waals surface area contributed by atoms with E-state index in [2.05, 4.69) is 0 Å². The van der Waals surface area contributed by atoms with Crippen LogP contribution in [0, 0.1) is 5.92 Å². The minimum atomic E-state index is -1.42. The zero-order valence-electron chi connectivity index (χ0n) is 8.99. The van der Waals surface area contributed by atoms with Gasteiger partial charge in [0.15, 0.2) is 0 Å². The van der Waals surface area contributed by atoms with E-state index in [1.165, 1.54) is 0 Å². The fraction of sp³-hybridized carbons (Fsp3) is 0.778. The van der Waals surface area contributed by atoms with E-state index in [1.807, 2.05) is 18.5 Å². The zero-order chi connectivity index (χ0) is 10.9. The number of carbonyl (C=O) groups excluding carboxylic acids is 2. The van der Waals surface area contributed by atoms with Crippen LogP contribution in [0.2, 0.25) is 11.6 Å². The first-order valence-corrected chi connectivity index (χ1v) is 7.57. The van der Waals surface area contributed by atoms with Gasteiger partial charge in [-0.2, -0.15) is 0 Å². The van der Waals surface area contributed by atoms with Crippen molar-refractivity contribution < 1.29 is 18.1 Å². The maximum atomic E-state index is 11.7. The fourth-order valence-corrected chi connectivity index (χ4v) is 2.06. The predicted octanol–water partition coefficient (Wildman–Crippen LogP) is 1.12. The van der Waals surface area contributed by atoms with Crippen molar-refractivity contribution in [2.45, 2.75) is 37.4 Å². The number of hydrogen-bond donors (Lipinski definition) is 0. The molecule has 0 spiro atoms. The molecule has 0 radical (unpaired) electrons. The molecule has 1 aliphatic heterocycles. The molecular formula is C9H15AlO4. The van der Waals surface area contributed by atoms with Crippen molar-refractivity contribution in [3.8, 4) is 0 Å². The number of rotatable bonds is 2. The molecule has 0 N–H and O–H groups in total. The lowest BCUT2D eigenvalue weighted by molar-refractivity contribution is -0.167. The Morgan fingerprint density at radius 1 is 1.64 bits per heavy atom. The lowest BCUT2D eigenvalue weighted by Gasteiger charge is -2.26. The molecule has 2 atom stereocenters. The summed E-state index contributed by atoms with van der Waals surface area (Å²) in [4.78, 5) is 22.7. The summed E-state index contributed by atoms with van der Waals surface area (Å²) in [6.07, 6.45) is 0.297. The van der Waals surface area contributed by atoms with Crippen molar-refractivity contribution in [3.63, 3.8) is 0 Å². The van der Waals surface area contributed by atoms with E-state index in [0.717, 1.165) is 0 Å². The first-order valence-electron chi connectivity index (χ1n) is 4.79. The molecule has 0 aromatic rings. The minimum Gasteiger partial charge on any atom is -0.613 e. The van der Waals surface area contributed by atoms with Crippen LogP contribution in [0.1, 0.15) is 20.3 Å². The molecule has 0 amide bonds. The summed E-state index contributed by atoms with van der Waals surface area (Å²) >= 11 is -1.42. The van der Waals surface area contributed by atoms with Gasteiger partial charge >= 0.3 is 26.4 Å². The Labute approximate surface area is 88.3 Å². The SMILES string of the molecule is CC1CC(=O)OC1(C)C(=O)[O][Al]([CH3])[CH3]. The molecular weight excluding hydrogens is 199 g/mol. The highest BCUT2D eigenvalue weighted by atomic mass is 27.2. The summed E-state index contributed by atoms with van der Waals surface area (Å²) in [5.41, 5.74) is -1.06. The molecule has 1 rings (SSSR count). The molecule has 1 fully saturated rings. The van der Waals surface area contributed by atoms with Gasteiger partial charge in [0.1, 0.15) is 0 Å². The second-order valence-electron chi connectivity index (χ2n) is 4.14. The molecule has 2 unspecified atom stereocenters. The van der Waals surface area contributed by atoms with Crippen LogP contribution in [0.25, 0.3) is 0 Å². The van der Waals surface area contributed by atoms with Gasteiger partial charge in [-0.25, -0.2) is 0 Å². The van der Waals surface area contributed by atoms with Crippen LogP contribution in [-0.2, 0) is 18.1 Å². The van der Waals surface area contributed by atoms with Gasteiger partial charge in [-0.15, -0.1) is 0 Å². The van der Waals surface area contributed by atoms with Gasteiger partial charge in [0.2, 0.25) is 5.60 Å². The van der Waals surface area contributed by atoms with Crippen LogP contribution in [0.3, 0.4) is 0 Å². The Morgan fingerprint density at radius 2 is 2.21 bits per heavy atom. The normalized spacial score (nSPS) is 31.1. The van der Waals surface area contributed by atoms with Crippen LogP contribution < -0.4 is 0 Å². The van der Waals surface area contributed by atoms with E-state index >= 15 is 0 Å². The number of ether oxygens (including phenoxy) is 1. The third-order valence-corrected chi connectivity index (χ3v) is 3.17. The average Bonchev–Trinajstić information content (AvgIpc) is 2.25. The highest BCUT2D eigenvalue weighted by Gasteiger charge is 2.50. The molecule has 14 heavy (non-hydrogen) atoms. The summed E-state index contributed by atoms with van der Waals surface area (Å²) < 4.78 is 10.2. The quantitative estimate of drug-likeness (QED) is 0.510. The molecule has 0 aromatic carbocycles. The molecule has 0 bridgehead atoms. The van der Waals surface area contributed by atoms with Gasteiger partial charge in [-0.1, -0.05) is 18.5 Å². The molecule has 4 nitrogen and oxygen atoms in total. The van der Waals surface area contributed by atoms with Crippen molar-refractivity contribution in [3.05, 3.63) is 0 Å². The minimum absolute atomic E-state index is 0.102. The van der Waals surface area contributed by atoms with Crippen LogP contribution in [-0.4, -0.2) is 32.0 Å². The number of carbonyl (C=O) groups is 2. The number of esters is 1. The molecule has 1 heterocycles. The average molecular weight is 214 g/mol. The summed E-state index contributed by atoms with van der Waals surface area (Å²) in [6, 6.07) is 0. The highest BCUT2D eigenvalue weighted by molar-refractivity contribution is 6.50. The van der Waals surface area contributed by atoms with Gasteiger partial charge in [-0.05, 0) is 6.92 Å². The van der Waals surface area contributed by atoms with E-state index in [0.29, 0.717) is 6.42 Å². The maximum absolute atomic E-state index is 11.7. The summed E-state index contributed by atoms with van der Waals surface area (Å²) in [6.45, 7) is 3.45. The molecule has 0 saturated carbocycles. The van der Waals surface area contributed by atoms with Crippen LogP contribution in [0.4, 0.5) is 0 Å². The van der Waals surface area contributed by atoms with Crippen LogP contribution in [0.5, 0.6) is 0 Å². The molecule has 0 aromatic heterocycles. The Morgan fingerprint density at radius 3 is 2.57 bits per heavy atom. The fourth-order valence-electron chi connectivity index (χ4n) is 1.40. The number of cyclic esters (lactones) is 1. The largest absolute Gasteiger partial charge is 0.613 e. The monoisotopic (exact) mass is 214 g/mol. The second kappa shape index (κ2) is 3.92. The van der Waals surface area contributed by atoms with Gasteiger partial charge in [0, 0.05) is 5.92 Å². The van der Waals surface area contributed by atoms with E-state index in [1.54, 1.807) is 6.92 Å². The first-order chi connectivity index (χ1) is 6.36. The Bertz CT molecular complexity index is 264. The topological polar surface area (TPSA) is 52.6 Å². The third-order valence-electron chi connectivity index (χ3n) is 2.49. The number of hydrogen-bond acceptors (Lipinski definition) is 4. The molecule has 1 aliphatic rings. The van der Waals surface area contributed by atoms with Crippen LogP contribution >= 0.6 is 0 Å².